The highest BCUT2D eigenvalue weighted by Crippen LogP contribution is 2.23. The van der Waals surface area contributed by atoms with Crippen molar-refractivity contribution in [3.05, 3.63) is 59.7 Å². The first-order chi connectivity index (χ1) is 12.6. The van der Waals surface area contributed by atoms with Crippen LogP contribution in [0.5, 0.6) is 0 Å². The molecule has 0 saturated carbocycles. The quantitative estimate of drug-likeness (QED) is 0.866. The third kappa shape index (κ3) is 5.16. The highest BCUT2D eigenvalue weighted by Gasteiger charge is 2.20. The molecule has 1 N–H and O–H groups in total. The van der Waals surface area contributed by atoms with E-state index in [0.717, 1.165) is 32.5 Å². The van der Waals surface area contributed by atoms with E-state index in [1.54, 1.807) is 7.11 Å². The lowest BCUT2D eigenvalue weighted by Gasteiger charge is -2.32. The minimum Gasteiger partial charge on any atom is -0.375 e. The molecule has 26 heavy (non-hydrogen) atoms. The van der Waals surface area contributed by atoms with Gasteiger partial charge in [-0.3, -0.25) is 9.69 Å². The van der Waals surface area contributed by atoms with E-state index in [1.165, 1.54) is 22.3 Å². The summed E-state index contributed by atoms with van der Waals surface area (Å²) < 4.78 is 4.88. The number of nitrogens with one attached hydrogen (secondary N) is 1. The summed E-state index contributed by atoms with van der Waals surface area (Å²) in [6.07, 6.45) is 1.99. The van der Waals surface area contributed by atoms with Crippen molar-refractivity contribution < 1.29 is 9.53 Å². The van der Waals surface area contributed by atoms with Crippen LogP contribution in [-0.2, 0) is 16.1 Å². The van der Waals surface area contributed by atoms with Gasteiger partial charge in [-0.15, -0.1) is 0 Å². The molecular formula is C22H28N2O2. The van der Waals surface area contributed by atoms with Gasteiger partial charge < -0.3 is 10.1 Å². The lowest BCUT2D eigenvalue weighted by Crippen LogP contribution is -2.45. The van der Waals surface area contributed by atoms with E-state index in [1.807, 2.05) is 0 Å². The van der Waals surface area contributed by atoms with Gasteiger partial charge in [0.1, 0.15) is 6.61 Å². The van der Waals surface area contributed by atoms with Crippen LogP contribution in [0.25, 0.3) is 11.1 Å². The van der Waals surface area contributed by atoms with Crippen molar-refractivity contribution in [3.8, 4) is 11.1 Å². The van der Waals surface area contributed by atoms with Crippen LogP contribution in [0.1, 0.15) is 24.0 Å². The smallest absolute Gasteiger partial charge is 0.246 e. The van der Waals surface area contributed by atoms with Crippen LogP contribution in [0.2, 0.25) is 0 Å². The number of amides is 1. The van der Waals surface area contributed by atoms with Gasteiger partial charge in [-0.05, 0) is 42.5 Å². The third-order valence-electron chi connectivity index (χ3n) is 4.91. The number of piperidine rings is 1. The molecule has 3 rings (SSSR count). The summed E-state index contributed by atoms with van der Waals surface area (Å²) in [6.45, 7) is 5.24. The molecule has 0 bridgehead atoms. The number of hydrogen-bond acceptors (Lipinski definition) is 3. The molecule has 0 spiro atoms. The highest BCUT2D eigenvalue weighted by atomic mass is 16.5. The Kier molecular flexibility index (Phi) is 6.42. The van der Waals surface area contributed by atoms with E-state index >= 15 is 0 Å². The Hall–Kier alpha value is -2.17. The van der Waals surface area contributed by atoms with Crippen LogP contribution in [0.3, 0.4) is 0 Å². The maximum Gasteiger partial charge on any atom is 0.246 e. The highest BCUT2D eigenvalue weighted by molar-refractivity contribution is 5.77. The second kappa shape index (κ2) is 8.97. The molecule has 4 nitrogen and oxygen atoms in total. The third-order valence-corrected chi connectivity index (χ3v) is 4.91. The number of rotatable bonds is 6. The zero-order valence-electron chi connectivity index (χ0n) is 15.7. The predicted octanol–water partition coefficient (Wildman–Crippen LogP) is 3.39. The number of aryl methyl sites for hydroxylation is 1. The van der Waals surface area contributed by atoms with Crippen LogP contribution in [0, 0.1) is 6.92 Å². The lowest BCUT2D eigenvalue weighted by molar-refractivity contribution is -0.125. The first-order valence-corrected chi connectivity index (χ1v) is 9.30. The van der Waals surface area contributed by atoms with E-state index in [4.69, 9.17) is 4.74 Å². The van der Waals surface area contributed by atoms with Gasteiger partial charge in [-0.25, -0.2) is 0 Å². The number of carbonyl (C=O) groups is 1. The molecule has 1 aliphatic rings. The van der Waals surface area contributed by atoms with Crippen LogP contribution < -0.4 is 5.32 Å². The number of benzene rings is 2. The maximum atomic E-state index is 11.6. The van der Waals surface area contributed by atoms with Crippen LogP contribution in [0.4, 0.5) is 0 Å². The Labute approximate surface area is 156 Å². The first kappa shape index (κ1) is 18.6. The molecular weight excluding hydrogens is 324 g/mol. The number of ether oxygens (including phenoxy) is 1. The van der Waals surface area contributed by atoms with Gasteiger partial charge in [-0.1, -0.05) is 48.0 Å². The topological polar surface area (TPSA) is 41.6 Å². The summed E-state index contributed by atoms with van der Waals surface area (Å²) in [6, 6.07) is 17.7. The SMILES string of the molecule is COCC(=O)NC1CCN(Cc2cccc(-c3cccc(C)c3)c2)CC1. The molecule has 1 heterocycles. The van der Waals surface area contributed by atoms with E-state index in [-0.39, 0.29) is 18.6 Å². The normalized spacial score (nSPS) is 15.8. The summed E-state index contributed by atoms with van der Waals surface area (Å²) >= 11 is 0. The molecule has 138 valence electrons. The van der Waals surface area contributed by atoms with E-state index in [2.05, 4.69) is 65.7 Å². The van der Waals surface area contributed by atoms with Crippen molar-refractivity contribution in [2.24, 2.45) is 0 Å². The Morgan fingerprint density at radius 2 is 1.81 bits per heavy atom. The fourth-order valence-electron chi connectivity index (χ4n) is 3.57. The van der Waals surface area contributed by atoms with Gasteiger partial charge in [-0.2, -0.15) is 0 Å². The fourth-order valence-corrected chi connectivity index (χ4v) is 3.57. The van der Waals surface area contributed by atoms with Crippen LogP contribution >= 0.6 is 0 Å². The van der Waals surface area contributed by atoms with Crippen molar-refractivity contribution in [2.45, 2.75) is 32.4 Å². The number of likely N-dealkylation sites (tertiary alicyclic amines) is 1. The Bertz CT molecular complexity index is 736. The second-order valence-corrected chi connectivity index (χ2v) is 7.12. The van der Waals surface area contributed by atoms with Crippen molar-refractivity contribution in [3.63, 3.8) is 0 Å². The summed E-state index contributed by atoms with van der Waals surface area (Å²) in [5.74, 6) is -0.0168. The Balaban J connectivity index is 1.56. The predicted molar refractivity (Wildman–Crippen MR) is 105 cm³/mol. The molecule has 0 unspecified atom stereocenters. The summed E-state index contributed by atoms with van der Waals surface area (Å²) in [5.41, 5.74) is 5.16. The number of hydrogen-bond donors (Lipinski definition) is 1. The molecule has 0 atom stereocenters. The molecule has 0 radical (unpaired) electrons. The second-order valence-electron chi connectivity index (χ2n) is 7.12. The zero-order valence-corrected chi connectivity index (χ0v) is 15.7. The Morgan fingerprint density at radius 3 is 2.50 bits per heavy atom. The number of nitrogens with zero attached hydrogens (tertiary/aromatic N) is 1. The average Bonchev–Trinajstić information content (AvgIpc) is 2.64. The fraction of sp³-hybridized carbons (Fsp3) is 0.409. The van der Waals surface area contributed by atoms with Crippen molar-refractivity contribution in [2.75, 3.05) is 26.8 Å². The van der Waals surface area contributed by atoms with Gasteiger partial charge >= 0.3 is 0 Å². The van der Waals surface area contributed by atoms with Gasteiger partial charge in [0.2, 0.25) is 5.91 Å². The van der Waals surface area contributed by atoms with Gasteiger partial charge in [0.15, 0.2) is 0 Å². The van der Waals surface area contributed by atoms with Gasteiger partial charge in [0.05, 0.1) is 0 Å². The summed E-state index contributed by atoms with van der Waals surface area (Å²) in [5, 5.41) is 3.05. The van der Waals surface area contributed by atoms with Crippen LogP contribution in [0.15, 0.2) is 48.5 Å². The molecule has 1 saturated heterocycles. The monoisotopic (exact) mass is 352 g/mol. The average molecular weight is 352 g/mol. The molecule has 2 aromatic carbocycles. The van der Waals surface area contributed by atoms with Crippen molar-refractivity contribution in [1.82, 2.24) is 10.2 Å². The zero-order chi connectivity index (χ0) is 18.4. The van der Waals surface area contributed by atoms with Crippen LogP contribution in [-0.4, -0.2) is 43.7 Å². The summed E-state index contributed by atoms with van der Waals surface area (Å²) in [4.78, 5) is 14.1. The Morgan fingerprint density at radius 1 is 1.12 bits per heavy atom. The van der Waals surface area contributed by atoms with Crippen molar-refractivity contribution in [1.29, 1.82) is 0 Å². The molecule has 1 fully saturated rings. The summed E-state index contributed by atoms with van der Waals surface area (Å²) in [7, 11) is 1.55. The minimum atomic E-state index is -0.0168. The minimum absolute atomic E-state index is 0.0168. The number of methoxy groups -OCH3 is 1. The molecule has 1 amide bonds. The van der Waals surface area contributed by atoms with E-state index in [9.17, 15) is 4.79 Å². The molecule has 4 heteroatoms. The maximum absolute atomic E-state index is 11.6. The molecule has 2 aromatic rings. The van der Waals surface area contributed by atoms with E-state index < -0.39 is 0 Å². The van der Waals surface area contributed by atoms with Gasteiger partial charge in [0, 0.05) is 32.8 Å². The standard InChI is InChI=1S/C22H28N2O2/c1-17-5-3-7-19(13-17)20-8-4-6-18(14-20)15-24-11-9-21(10-12-24)23-22(25)16-26-2/h3-8,13-14,21H,9-12,15-16H2,1-2H3,(H,23,25). The first-order valence-electron chi connectivity index (χ1n) is 9.30. The molecule has 1 aliphatic heterocycles. The largest absolute Gasteiger partial charge is 0.375 e. The molecule has 0 aliphatic carbocycles. The van der Waals surface area contributed by atoms with Gasteiger partial charge in [0.25, 0.3) is 0 Å². The van der Waals surface area contributed by atoms with Crippen molar-refractivity contribution >= 4 is 5.91 Å². The lowest BCUT2D eigenvalue weighted by atomic mass is 10.0. The van der Waals surface area contributed by atoms with E-state index in [0.29, 0.717) is 0 Å². The number of carbonyl (C=O) groups excluding carboxylic acids is 1. The molecule has 0 aromatic heterocycles.